The average molecular weight is 333 g/mol. The molecule has 16 heavy (non-hydrogen) atoms. The predicted octanol–water partition coefficient (Wildman–Crippen LogP) is 0.840. The van der Waals surface area contributed by atoms with Crippen molar-refractivity contribution in [3.8, 4) is 0 Å². The van der Waals surface area contributed by atoms with Gasteiger partial charge in [-0.05, 0) is 19.9 Å². The summed E-state index contributed by atoms with van der Waals surface area (Å²) in [5.74, 6) is 1.66. The molecule has 5 nitrogen and oxygen atoms in total. The number of aromatic nitrogens is 2. The van der Waals surface area contributed by atoms with Crippen molar-refractivity contribution >= 4 is 29.9 Å². The molecule has 0 amide bonds. The van der Waals surface area contributed by atoms with Crippen LogP contribution >= 0.6 is 24.0 Å². The van der Waals surface area contributed by atoms with Gasteiger partial charge in [0.15, 0.2) is 5.96 Å². The first kappa shape index (κ1) is 13.1. The van der Waals surface area contributed by atoms with Gasteiger partial charge in [0.05, 0.1) is 18.8 Å². The first-order valence-electron chi connectivity index (χ1n) is 5.07. The van der Waals surface area contributed by atoms with Gasteiger partial charge in [-0.1, -0.05) is 0 Å². The van der Waals surface area contributed by atoms with Gasteiger partial charge in [-0.25, -0.2) is 9.97 Å². The molecule has 2 N–H and O–H groups in total. The Bertz CT molecular complexity index is 379. The number of hydrogen-bond donors (Lipinski definition) is 2. The molecular formula is C10H16IN5. The molecule has 1 unspecified atom stereocenters. The molecule has 1 aromatic heterocycles. The Balaban J connectivity index is 0.00000128. The van der Waals surface area contributed by atoms with Crippen LogP contribution in [0.25, 0.3) is 0 Å². The Labute approximate surface area is 112 Å². The van der Waals surface area contributed by atoms with Gasteiger partial charge in [0.1, 0.15) is 5.82 Å². The Morgan fingerprint density at radius 2 is 2.38 bits per heavy atom. The van der Waals surface area contributed by atoms with Gasteiger partial charge < -0.3 is 10.6 Å². The lowest BCUT2D eigenvalue weighted by atomic mass is 10.4. The number of guanidine groups is 1. The van der Waals surface area contributed by atoms with Crippen molar-refractivity contribution in [3.05, 3.63) is 23.8 Å². The van der Waals surface area contributed by atoms with Gasteiger partial charge in [0.25, 0.3) is 0 Å². The van der Waals surface area contributed by atoms with Crippen LogP contribution in [0.1, 0.15) is 18.4 Å². The highest BCUT2D eigenvalue weighted by molar-refractivity contribution is 14.0. The van der Waals surface area contributed by atoms with Crippen LogP contribution in [0.15, 0.2) is 17.3 Å². The summed E-state index contributed by atoms with van der Waals surface area (Å²) in [5, 5.41) is 6.44. The van der Waals surface area contributed by atoms with E-state index in [2.05, 4.69) is 32.5 Å². The van der Waals surface area contributed by atoms with Crippen molar-refractivity contribution in [1.82, 2.24) is 20.6 Å². The van der Waals surface area contributed by atoms with Crippen molar-refractivity contribution in [1.29, 1.82) is 0 Å². The Morgan fingerprint density at radius 1 is 1.56 bits per heavy atom. The summed E-state index contributed by atoms with van der Waals surface area (Å²) in [6.07, 6.45) is 1.77. The monoisotopic (exact) mass is 333 g/mol. The Morgan fingerprint density at radius 3 is 3.00 bits per heavy atom. The molecule has 1 aliphatic heterocycles. The maximum atomic E-state index is 4.31. The second-order valence-electron chi connectivity index (χ2n) is 3.68. The SMILES string of the molecule is Cc1nccc(CNC2=NCC(C)N2)n1.I. The first-order chi connectivity index (χ1) is 7.24. The molecule has 88 valence electrons. The van der Waals surface area contributed by atoms with Crippen molar-refractivity contribution < 1.29 is 0 Å². The summed E-state index contributed by atoms with van der Waals surface area (Å²) in [6.45, 7) is 5.51. The molecule has 2 heterocycles. The molecule has 2 rings (SSSR count). The number of hydrogen-bond acceptors (Lipinski definition) is 5. The van der Waals surface area contributed by atoms with Crippen LogP contribution in [0.2, 0.25) is 0 Å². The van der Waals surface area contributed by atoms with E-state index in [1.807, 2.05) is 13.0 Å². The zero-order valence-electron chi connectivity index (χ0n) is 9.40. The topological polar surface area (TPSA) is 62.2 Å². The molecular weight excluding hydrogens is 317 g/mol. The van der Waals surface area contributed by atoms with Crippen LogP contribution in [0.4, 0.5) is 0 Å². The number of aliphatic imine (C=N–C) groups is 1. The lowest BCUT2D eigenvalue weighted by molar-refractivity contribution is 0.711. The summed E-state index contributed by atoms with van der Waals surface area (Å²) in [4.78, 5) is 12.6. The van der Waals surface area contributed by atoms with E-state index in [-0.39, 0.29) is 24.0 Å². The molecule has 0 aromatic carbocycles. The van der Waals surface area contributed by atoms with Crippen molar-refractivity contribution in [3.63, 3.8) is 0 Å². The average Bonchev–Trinajstić information content (AvgIpc) is 2.62. The number of nitrogens with zero attached hydrogens (tertiary/aromatic N) is 3. The zero-order valence-corrected chi connectivity index (χ0v) is 11.7. The molecule has 0 aliphatic carbocycles. The highest BCUT2D eigenvalue weighted by Crippen LogP contribution is 1.96. The van der Waals surface area contributed by atoms with E-state index in [4.69, 9.17) is 0 Å². The standard InChI is InChI=1S/C10H15N5.HI/c1-7-5-12-10(14-7)13-6-9-3-4-11-8(2)15-9;/h3-4,7H,5-6H2,1-2H3,(H2,12,13,14);1H. The molecule has 0 bridgehead atoms. The van der Waals surface area contributed by atoms with Gasteiger partial charge in [0.2, 0.25) is 0 Å². The first-order valence-corrected chi connectivity index (χ1v) is 5.07. The largest absolute Gasteiger partial charge is 0.352 e. The summed E-state index contributed by atoms with van der Waals surface area (Å²) < 4.78 is 0. The minimum absolute atomic E-state index is 0. The van der Waals surface area contributed by atoms with Crippen LogP contribution in [0, 0.1) is 6.92 Å². The fraction of sp³-hybridized carbons (Fsp3) is 0.500. The molecule has 0 fully saturated rings. The maximum absolute atomic E-state index is 4.31. The van der Waals surface area contributed by atoms with Gasteiger partial charge in [0, 0.05) is 12.2 Å². The number of rotatable bonds is 2. The van der Waals surface area contributed by atoms with E-state index in [1.54, 1.807) is 6.20 Å². The summed E-state index contributed by atoms with van der Waals surface area (Å²) >= 11 is 0. The third-order valence-corrected chi connectivity index (χ3v) is 2.18. The smallest absolute Gasteiger partial charge is 0.191 e. The molecule has 6 heteroatoms. The van der Waals surface area contributed by atoms with Crippen LogP contribution < -0.4 is 10.6 Å². The summed E-state index contributed by atoms with van der Waals surface area (Å²) in [6, 6.07) is 2.33. The molecule has 1 aliphatic rings. The highest BCUT2D eigenvalue weighted by Gasteiger charge is 2.11. The molecule has 1 aromatic rings. The fourth-order valence-corrected chi connectivity index (χ4v) is 1.44. The summed E-state index contributed by atoms with van der Waals surface area (Å²) in [5.41, 5.74) is 0.978. The third kappa shape index (κ3) is 3.58. The predicted molar refractivity (Wildman–Crippen MR) is 73.9 cm³/mol. The zero-order chi connectivity index (χ0) is 10.7. The van der Waals surface area contributed by atoms with Gasteiger partial charge >= 0.3 is 0 Å². The second kappa shape index (κ2) is 5.97. The van der Waals surface area contributed by atoms with Crippen LogP contribution in [0.3, 0.4) is 0 Å². The molecule has 0 saturated carbocycles. The number of halogens is 1. The number of nitrogens with one attached hydrogen (secondary N) is 2. The lowest BCUT2D eigenvalue weighted by Gasteiger charge is -2.08. The maximum Gasteiger partial charge on any atom is 0.191 e. The highest BCUT2D eigenvalue weighted by atomic mass is 127. The van der Waals surface area contributed by atoms with Crippen LogP contribution in [-0.4, -0.2) is 28.5 Å². The van der Waals surface area contributed by atoms with Crippen LogP contribution in [-0.2, 0) is 6.54 Å². The molecule has 0 spiro atoms. The summed E-state index contributed by atoms with van der Waals surface area (Å²) in [7, 11) is 0. The normalized spacial score (nSPS) is 18.4. The number of aryl methyl sites for hydroxylation is 1. The lowest BCUT2D eigenvalue weighted by Crippen LogP contribution is -2.37. The Kier molecular flexibility index (Phi) is 4.91. The Hall–Kier alpha value is -0.920. The molecule has 0 radical (unpaired) electrons. The van der Waals surface area contributed by atoms with Crippen molar-refractivity contribution in [2.45, 2.75) is 26.4 Å². The van der Waals surface area contributed by atoms with E-state index in [9.17, 15) is 0 Å². The van der Waals surface area contributed by atoms with E-state index in [0.717, 1.165) is 24.0 Å². The molecule has 1 atom stereocenters. The minimum Gasteiger partial charge on any atom is -0.352 e. The van der Waals surface area contributed by atoms with Crippen molar-refractivity contribution in [2.75, 3.05) is 6.54 Å². The molecule has 0 saturated heterocycles. The van der Waals surface area contributed by atoms with Gasteiger partial charge in [-0.2, -0.15) is 0 Å². The quantitative estimate of drug-likeness (QED) is 0.788. The fourth-order valence-electron chi connectivity index (χ4n) is 1.44. The van der Waals surface area contributed by atoms with Gasteiger partial charge in [-0.3, -0.25) is 4.99 Å². The second-order valence-corrected chi connectivity index (χ2v) is 3.68. The van der Waals surface area contributed by atoms with Crippen LogP contribution in [0.5, 0.6) is 0 Å². The van der Waals surface area contributed by atoms with Crippen molar-refractivity contribution in [2.24, 2.45) is 4.99 Å². The van der Waals surface area contributed by atoms with Gasteiger partial charge in [-0.15, -0.1) is 24.0 Å². The third-order valence-electron chi connectivity index (χ3n) is 2.18. The van der Waals surface area contributed by atoms with E-state index in [1.165, 1.54) is 0 Å². The van der Waals surface area contributed by atoms with E-state index in [0.29, 0.717) is 12.6 Å². The minimum atomic E-state index is 0. The van der Waals surface area contributed by atoms with E-state index < -0.39 is 0 Å². The van der Waals surface area contributed by atoms with E-state index >= 15 is 0 Å².